The van der Waals surface area contributed by atoms with E-state index in [4.69, 9.17) is 4.74 Å². The van der Waals surface area contributed by atoms with Gasteiger partial charge in [-0.05, 0) is 105 Å². The lowest BCUT2D eigenvalue weighted by Crippen LogP contribution is -2.52. The molecule has 4 rings (SSSR count). The smallest absolute Gasteiger partial charge is 0.305 e. The number of fused-ring (bicyclic) bond motifs is 5. The van der Waals surface area contributed by atoms with Gasteiger partial charge < -0.3 is 4.74 Å². The highest BCUT2D eigenvalue weighted by Gasteiger charge is 2.59. The van der Waals surface area contributed by atoms with Crippen LogP contribution in [-0.4, -0.2) is 13.1 Å². The van der Waals surface area contributed by atoms with E-state index >= 15 is 0 Å². The molecule has 2 heteroatoms. The normalized spacial score (nSPS) is 44.4. The summed E-state index contributed by atoms with van der Waals surface area (Å²) in [4.78, 5) is 11.5. The average Bonchev–Trinajstić information content (AvgIpc) is 3.05. The second kappa shape index (κ2) is 9.09. The quantitative estimate of drug-likeness (QED) is 0.467. The first-order valence-corrected chi connectivity index (χ1v) is 12.6. The molecule has 28 heavy (non-hydrogen) atoms. The second-order valence-electron chi connectivity index (χ2n) is 10.7. The van der Waals surface area contributed by atoms with Gasteiger partial charge in [0, 0.05) is 6.42 Å². The van der Waals surface area contributed by atoms with Gasteiger partial charge in [0.25, 0.3) is 0 Å². The van der Waals surface area contributed by atoms with Crippen LogP contribution in [-0.2, 0) is 9.53 Å². The summed E-state index contributed by atoms with van der Waals surface area (Å²) in [5.41, 5.74) is 1.21. The van der Waals surface area contributed by atoms with Gasteiger partial charge in [-0.15, -0.1) is 0 Å². The highest BCUT2D eigenvalue weighted by molar-refractivity contribution is 5.68. The number of carbonyl (C=O) groups excluding carboxylic acids is 1. The first kappa shape index (κ1) is 22.2. The van der Waals surface area contributed by atoms with Gasteiger partial charge in [-0.1, -0.05) is 40.5 Å². The topological polar surface area (TPSA) is 26.3 Å². The van der Waals surface area contributed by atoms with Crippen molar-refractivity contribution in [3.05, 3.63) is 0 Å². The third kappa shape index (κ3) is 3.79. The molecule has 0 aromatic rings. The Morgan fingerprint density at radius 3 is 2.39 bits per heavy atom. The zero-order chi connectivity index (χ0) is 20.4. The summed E-state index contributed by atoms with van der Waals surface area (Å²) in [5.74, 6) is 4.81. The van der Waals surface area contributed by atoms with E-state index in [0.29, 0.717) is 17.3 Å². The third-order valence-electron chi connectivity index (χ3n) is 9.94. The maximum atomic E-state index is 11.5. The highest BCUT2D eigenvalue weighted by Crippen LogP contribution is 2.67. The molecule has 0 spiro atoms. The van der Waals surface area contributed by atoms with Crippen molar-refractivity contribution in [3.63, 3.8) is 0 Å². The average molecular weight is 391 g/mol. The van der Waals surface area contributed by atoms with E-state index in [-0.39, 0.29) is 5.97 Å². The predicted molar refractivity (Wildman–Crippen MR) is 117 cm³/mol. The Kier molecular flexibility index (Phi) is 7.19. The van der Waals surface area contributed by atoms with Gasteiger partial charge in [0.2, 0.25) is 0 Å². The summed E-state index contributed by atoms with van der Waals surface area (Å²) in [6.07, 6.45) is 17.7. The van der Waals surface area contributed by atoms with Crippen LogP contribution < -0.4 is 0 Å². The number of ether oxygens (including phenoxy) is 1. The zero-order valence-electron chi connectivity index (χ0n) is 19.4. The van der Waals surface area contributed by atoms with Crippen LogP contribution in [0.5, 0.6) is 0 Å². The van der Waals surface area contributed by atoms with Gasteiger partial charge in [0.15, 0.2) is 0 Å². The second-order valence-corrected chi connectivity index (χ2v) is 10.7. The van der Waals surface area contributed by atoms with Crippen molar-refractivity contribution in [2.24, 2.45) is 40.4 Å². The van der Waals surface area contributed by atoms with E-state index in [1.165, 1.54) is 77.7 Å². The van der Waals surface area contributed by atoms with Gasteiger partial charge in [0.05, 0.1) is 7.11 Å². The van der Waals surface area contributed by atoms with Crippen LogP contribution in [0.1, 0.15) is 111 Å². The fourth-order valence-electron chi connectivity index (χ4n) is 8.47. The van der Waals surface area contributed by atoms with Crippen LogP contribution in [0.4, 0.5) is 0 Å². The van der Waals surface area contributed by atoms with Crippen molar-refractivity contribution in [3.8, 4) is 0 Å². The highest BCUT2D eigenvalue weighted by atomic mass is 16.5. The van der Waals surface area contributed by atoms with Gasteiger partial charge in [-0.25, -0.2) is 0 Å². The maximum absolute atomic E-state index is 11.5. The van der Waals surface area contributed by atoms with E-state index in [1.54, 1.807) is 0 Å². The summed E-state index contributed by atoms with van der Waals surface area (Å²) in [6, 6.07) is 0. The molecule has 0 amide bonds. The Hall–Kier alpha value is -0.530. The number of carbonyl (C=O) groups is 1. The first-order chi connectivity index (χ1) is 13.5. The lowest BCUT2D eigenvalue weighted by atomic mass is 9.45. The van der Waals surface area contributed by atoms with E-state index in [0.717, 1.165) is 36.0 Å². The molecule has 0 saturated heterocycles. The molecule has 7 unspecified atom stereocenters. The summed E-state index contributed by atoms with van der Waals surface area (Å²) in [7, 11) is 1.51. The minimum Gasteiger partial charge on any atom is -0.469 e. The van der Waals surface area contributed by atoms with Crippen molar-refractivity contribution in [1.29, 1.82) is 0 Å². The minimum absolute atomic E-state index is 0.0306. The first-order valence-electron chi connectivity index (χ1n) is 12.6. The van der Waals surface area contributed by atoms with E-state index in [9.17, 15) is 4.79 Å². The van der Waals surface area contributed by atoms with Crippen molar-refractivity contribution < 1.29 is 9.53 Å². The molecule has 0 bridgehead atoms. The molecule has 0 aliphatic heterocycles. The van der Waals surface area contributed by atoms with Crippen LogP contribution in [0.15, 0.2) is 0 Å². The lowest BCUT2D eigenvalue weighted by molar-refractivity contribution is -0.140. The van der Waals surface area contributed by atoms with Gasteiger partial charge in [-0.2, -0.15) is 0 Å². The number of hydrogen-bond acceptors (Lipinski definition) is 2. The van der Waals surface area contributed by atoms with Gasteiger partial charge >= 0.3 is 5.97 Å². The molecular weight excluding hydrogens is 344 g/mol. The molecule has 0 aromatic heterocycles. The van der Waals surface area contributed by atoms with E-state index in [1.807, 2.05) is 13.8 Å². The Morgan fingerprint density at radius 2 is 1.64 bits per heavy atom. The molecule has 0 N–H and O–H groups in total. The molecule has 162 valence electrons. The molecular formula is C26H46O2. The predicted octanol–water partition coefficient (Wildman–Crippen LogP) is 7.40. The molecule has 4 aliphatic carbocycles. The Balaban J connectivity index is 0.00000109. The Morgan fingerprint density at radius 1 is 0.893 bits per heavy atom. The molecule has 4 aliphatic rings. The SMILES string of the molecule is CC.COC(=O)CCCC1CCC2C3CCC4CCCCC4(C)C3CCC12C. The molecule has 0 radical (unpaired) electrons. The van der Waals surface area contributed by atoms with Crippen molar-refractivity contribution in [2.45, 2.75) is 111 Å². The fraction of sp³-hybridized carbons (Fsp3) is 0.962. The molecule has 2 nitrogen and oxygen atoms in total. The molecule has 0 heterocycles. The molecule has 4 fully saturated rings. The summed E-state index contributed by atoms with van der Waals surface area (Å²) < 4.78 is 4.84. The standard InChI is InChI=1S/C24H40O2.C2H6/c1-23-15-5-4-7-17(23)10-12-19-20-13-11-18(8-6-9-22(25)26-3)24(20,2)16-14-21(19)23;1-2/h17-21H,4-16H2,1-3H3;1-2H3. The monoisotopic (exact) mass is 390 g/mol. The van der Waals surface area contributed by atoms with Crippen LogP contribution in [0.25, 0.3) is 0 Å². The van der Waals surface area contributed by atoms with Gasteiger partial charge in [0.1, 0.15) is 0 Å². The number of hydrogen-bond donors (Lipinski definition) is 0. The largest absolute Gasteiger partial charge is 0.469 e. The van der Waals surface area contributed by atoms with E-state index in [2.05, 4.69) is 13.8 Å². The van der Waals surface area contributed by atoms with Crippen LogP contribution in [0.3, 0.4) is 0 Å². The van der Waals surface area contributed by atoms with Gasteiger partial charge in [-0.3, -0.25) is 4.79 Å². The van der Waals surface area contributed by atoms with Crippen LogP contribution >= 0.6 is 0 Å². The third-order valence-corrected chi connectivity index (χ3v) is 9.94. The minimum atomic E-state index is -0.0306. The summed E-state index contributed by atoms with van der Waals surface area (Å²) in [5, 5.41) is 0. The Bertz CT molecular complexity index is 529. The number of methoxy groups -OCH3 is 1. The zero-order valence-corrected chi connectivity index (χ0v) is 19.4. The summed E-state index contributed by atoms with van der Waals surface area (Å²) in [6.45, 7) is 9.30. The van der Waals surface area contributed by atoms with Crippen molar-refractivity contribution >= 4 is 5.97 Å². The van der Waals surface area contributed by atoms with Crippen molar-refractivity contribution in [1.82, 2.24) is 0 Å². The molecule has 4 saturated carbocycles. The fourth-order valence-corrected chi connectivity index (χ4v) is 8.47. The van der Waals surface area contributed by atoms with Crippen molar-refractivity contribution in [2.75, 3.05) is 7.11 Å². The van der Waals surface area contributed by atoms with E-state index < -0.39 is 0 Å². The van der Waals surface area contributed by atoms with Crippen LogP contribution in [0, 0.1) is 40.4 Å². The number of rotatable bonds is 4. The molecule has 0 aromatic carbocycles. The maximum Gasteiger partial charge on any atom is 0.305 e. The molecule has 7 atom stereocenters. The lowest BCUT2D eigenvalue weighted by Gasteiger charge is -2.60. The van der Waals surface area contributed by atoms with Crippen LogP contribution in [0.2, 0.25) is 0 Å². The number of esters is 1. The summed E-state index contributed by atoms with van der Waals surface area (Å²) >= 11 is 0. The Labute approximate surface area is 174 Å².